The first-order chi connectivity index (χ1) is 9.12. The van der Waals surface area contributed by atoms with E-state index >= 15 is 0 Å². The highest BCUT2D eigenvalue weighted by atomic mass is 35.5. The molecule has 0 aromatic rings. The van der Waals surface area contributed by atoms with E-state index in [1.54, 1.807) is 13.8 Å². The number of ether oxygens (including phenoxy) is 2. The maximum atomic E-state index is 11.7. The zero-order valence-corrected chi connectivity index (χ0v) is 12.9. The Labute approximate surface area is 122 Å². The van der Waals surface area contributed by atoms with Crippen molar-refractivity contribution in [2.45, 2.75) is 45.3 Å². The van der Waals surface area contributed by atoms with Crippen molar-refractivity contribution >= 4 is 29.5 Å². The molecule has 0 bridgehead atoms. The van der Waals surface area contributed by atoms with Crippen LogP contribution in [0.1, 0.15) is 34.1 Å². The second kappa shape index (κ2) is 8.06. The Hall–Kier alpha value is -1.34. The van der Waals surface area contributed by atoms with Gasteiger partial charge in [0.2, 0.25) is 0 Å². The number of halogens is 1. The van der Waals surface area contributed by atoms with E-state index < -0.39 is 29.1 Å². The van der Waals surface area contributed by atoms with Crippen LogP contribution in [0.25, 0.3) is 0 Å². The number of methoxy groups -OCH3 is 1. The van der Waals surface area contributed by atoms with Crippen molar-refractivity contribution in [3.63, 3.8) is 0 Å². The number of hydrogen-bond acceptors (Lipinski definition) is 7. The van der Waals surface area contributed by atoms with Crippen LogP contribution in [-0.2, 0) is 33.6 Å². The summed E-state index contributed by atoms with van der Waals surface area (Å²) in [6.45, 7) is 5.86. The zero-order chi connectivity index (χ0) is 15.9. The lowest BCUT2D eigenvalue weighted by Gasteiger charge is -2.28. The molecule has 7 nitrogen and oxygen atoms in total. The summed E-state index contributed by atoms with van der Waals surface area (Å²) in [7, 11) is 1.10. The maximum Gasteiger partial charge on any atom is 0.358 e. The normalized spacial score (nSPS) is 15.2. The van der Waals surface area contributed by atoms with E-state index in [0.717, 1.165) is 14.0 Å². The lowest BCUT2D eigenvalue weighted by atomic mass is 10.0. The number of hydrogen-bond donors (Lipinski definition) is 0. The number of carbonyl (C=O) groups excluding carboxylic acids is 3. The van der Waals surface area contributed by atoms with Gasteiger partial charge in [0, 0.05) is 20.3 Å². The molecular formula is C12H19ClO7. The van der Waals surface area contributed by atoms with Crippen LogP contribution in [0.15, 0.2) is 0 Å². The average Bonchev–Trinajstić information content (AvgIpc) is 2.33. The lowest BCUT2D eigenvalue weighted by Crippen LogP contribution is -2.43. The molecule has 0 amide bonds. The van der Waals surface area contributed by atoms with E-state index in [0.29, 0.717) is 0 Å². The number of carbonyl (C=O) groups is 3. The standard InChI is InChI=1S/C12H19ClO7/c1-7(2)10(18-8(3)14)6-12(13,11(16)17-5)20-19-9(4)15/h7,10H,6H2,1-5H3. The van der Waals surface area contributed by atoms with Crippen LogP contribution in [0, 0.1) is 5.92 Å². The van der Waals surface area contributed by atoms with Gasteiger partial charge in [0.15, 0.2) is 0 Å². The Kier molecular flexibility index (Phi) is 7.52. The van der Waals surface area contributed by atoms with Gasteiger partial charge in [-0.2, -0.15) is 0 Å². The van der Waals surface area contributed by atoms with Crippen molar-refractivity contribution in [2.24, 2.45) is 5.92 Å². The summed E-state index contributed by atoms with van der Waals surface area (Å²) in [6, 6.07) is 0. The molecule has 0 aromatic heterocycles. The predicted octanol–water partition coefficient (Wildman–Crippen LogP) is 1.57. The molecule has 20 heavy (non-hydrogen) atoms. The van der Waals surface area contributed by atoms with Crippen molar-refractivity contribution < 1.29 is 33.6 Å². The fourth-order valence-electron chi connectivity index (χ4n) is 1.31. The number of alkyl halides is 1. The van der Waals surface area contributed by atoms with Crippen molar-refractivity contribution in [3.8, 4) is 0 Å². The maximum absolute atomic E-state index is 11.7. The van der Waals surface area contributed by atoms with Crippen molar-refractivity contribution in [2.75, 3.05) is 7.11 Å². The fourth-order valence-corrected chi connectivity index (χ4v) is 1.57. The number of esters is 2. The Bertz CT molecular complexity index is 369. The summed E-state index contributed by atoms with van der Waals surface area (Å²) in [5.41, 5.74) is 0. The summed E-state index contributed by atoms with van der Waals surface area (Å²) in [4.78, 5) is 42.4. The van der Waals surface area contributed by atoms with Gasteiger partial charge in [0.1, 0.15) is 6.10 Å². The van der Waals surface area contributed by atoms with Crippen molar-refractivity contribution in [1.82, 2.24) is 0 Å². The van der Waals surface area contributed by atoms with Crippen molar-refractivity contribution in [1.29, 1.82) is 0 Å². The number of rotatable bonds is 7. The largest absolute Gasteiger partial charge is 0.466 e. The lowest BCUT2D eigenvalue weighted by molar-refractivity contribution is -0.310. The molecule has 0 heterocycles. The van der Waals surface area contributed by atoms with Crippen LogP contribution in [0.4, 0.5) is 0 Å². The predicted molar refractivity (Wildman–Crippen MR) is 68.5 cm³/mol. The molecule has 0 aliphatic carbocycles. The van der Waals surface area contributed by atoms with Gasteiger partial charge < -0.3 is 9.47 Å². The minimum atomic E-state index is -2.08. The molecule has 0 saturated heterocycles. The van der Waals surface area contributed by atoms with Gasteiger partial charge in [-0.1, -0.05) is 25.4 Å². The Balaban J connectivity index is 5.05. The smallest absolute Gasteiger partial charge is 0.358 e. The molecule has 0 aliphatic heterocycles. The minimum Gasteiger partial charge on any atom is -0.466 e. The first-order valence-corrected chi connectivity index (χ1v) is 6.31. The summed E-state index contributed by atoms with van der Waals surface area (Å²) in [5, 5.41) is -2.08. The summed E-state index contributed by atoms with van der Waals surface area (Å²) >= 11 is 5.99. The molecule has 2 unspecified atom stereocenters. The topological polar surface area (TPSA) is 88.1 Å². The van der Waals surface area contributed by atoms with Crippen LogP contribution in [-0.4, -0.2) is 36.2 Å². The first-order valence-electron chi connectivity index (χ1n) is 5.93. The first kappa shape index (κ1) is 18.7. The molecule has 0 spiro atoms. The van der Waals surface area contributed by atoms with Gasteiger partial charge in [0.25, 0.3) is 5.06 Å². The van der Waals surface area contributed by atoms with Crippen LogP contribution < -0.4 is 0 Å². The molecule has 0 radical (unpaired) electrons. The molecular weight excluding hydrogens is 292 g/mol. The summed E-state index contributed by atoms with van der Waals surface area (Å²) in [6.07, 6.45) is -0.939. The van der Waals surface area contributed by atoms with Gasteiger partial charge in [-0.05, 0) is 5.92 Å². The third-order valence-electron chi connectivity index (χ3n) is 2.31. The third-order valence-corrected chi connectivity index (χ3v) is 2.68. The molecule has 0 fully saturated rings. The highest BCUT2D eigenvalue weighted by Crippen LogP contribution is 2.29. The van der Waals surface area contributed by atoms with Crippen LogP contribution in [0.2, 0.25) is 0 Å². The quantitative estimate of drug-likeness (QED) is 0.305. The van der Waals surface area contributed by atoms with Gasteiger partial charge in [-0.25, -0.2) is 9.59 Å². The van der Waals surface area contributed by atoms with Crippen molar-refractivity contribution in [3.05, 3.63) is 0 Å². The molecule has 0 N–H and O–H groups in total. The average molecular weight is 311 g/mol. The van der Waals surface area contributed by atoms with E-state index in [2.05, 4.69) is 14.5 Å². The van der Waals surface area contributed by atoms with E-state index in [4.69, 9.17) is 16.3 Å². The SMILES string of the molecule is COC(=O)C(Cl)(CC(OC(C)=O)C(C)C)OOC(C)=O. The molecule has 0 saturated carbocycles. The van der Waals surface area contributed by atoms with E-state index in [1.165, 1.54) is 6.92 Å². The van der Waals surface area contributed by atoms with Crippen LogP contribution in [0.3, 0.4) is 0 Å². The highest BCUT2D eigenvalue weighted by Gasteiger charge is 2.45. The minimum absolute atomic E-state index is 0.136. The van der Waals surface area contributed by atoms with Crippen LogP contribution >= 0.6 is 11.6 Å². The molecule has 2 atom stereocenters. The monoisotopic (exact) mass is 310 g/mol. The highest BCUT2D eigenvalue weighted by molar-refractivity contribution is 6.32. The Morgan fingerprint density at radius 2 is 1.70 bits per heavy atom. The van der Waals surface area contributed by atoms with E-state index in [-0.39, 0.29) is 12.3 Å². The van der Waals surface area contributed by atoms with E-state index in [9.17, 15) is 14.4 Å². The fraction of sp³-hybridized carbons (Fsp3) is 0.750. The summed E-state index contributed by atoms with van der Waals surface area (Å²) < 4.78 is 9.56. The van der Waals surface area contributed by atoms with Gasteiger partial charge >= 0.3 is 17.9 Å². The summed E-state index contributed by atoms with van der Waals surface area (Å²) in [5.74, 6) is -2.41. The Morgan fingerprint density at radius 1 is 1.15 bits per heavy atom. The Morgan fingerprint density at radius 3 is 2.05 bits per heavy atom. The molecule has 8 heteroatoms. The second-order valence-electron chi connectivity index (χ2n) is 4.47. The molecule has 0 aromatic carbocycles. The molecule has 116 valence electrons. The molecule has 0 rings (SSSR count). The molecule has 0 aliphatic rings. The van der Waals surface area contributed by atoms with Gasteiger partial charge in [-0.3, -0.25) is 9.68 Å². The van der Waals surface area contributed by atoms with Gasteiger partial charge in [0.05, 0.1) is 7.11 Å². The second-order valence-corrected chi connectivity index (χ2v) is 5.08. The zero-order valence-electron chi connectivity index (χ0n) is 12.1. The van der Waals surface area contributed by atoms with Gasteiger partial charge in [-0.15, -0.1) is 4.89 Å². The third kappa shape index (κ3) is 6.21. The van der Waals surface area contributed by atoms with Crippen LogP contribution in [0.5, 0.6) is 0 Å². The van der Waals surface area contributed by atoms with E-state index in [1.807, 2.05) is 0 Å².